The van der Waals surface area contributed by atoms with Crippen LogP contribution in [-0.2, 0) is 4.74 Å². The van der Waals surface area contributed by atoms with Crippen molar-refractivity contribution in [2.75, 3.05) is 20.2 Å². The summed E-state index contributed by atoms with van der Waals surface area (Å²) in [6.07, 6.45) is 1.19. The number of hydrogen-bond acceptors (Lipinski definition) is 2. The zero-order chi connectivity index (χ0) is 13.5. The molecule has 0 aromatic carbocycles. The van der Waals surface area contributed by atoms with Gasteiger partial charge in [0, 0.05) is 13.7 Å². The Balaban J connectivity index is 4.04. The van der Waals surface area contributed by atoms with E-state index in [2.05, 4.69) is 44.9 Å². The quantitative estimate of drug-likeness (QED) is 0.554. The van der Waals surface area contributed by atoms with Gasteiger partial charge in [0.15, 0.2) is 5.96 Å². The molecule has 0 aliphatic heterocycles. The molecule has 1 atom stereocenters. The number of guanidine groups is 1. The predicted octanol–water partition coefficient (Wildman–Crippen LogP) is 2.00. The number of nitrogens with two attached hydrogens (primary N) is 1. The van der Waals surface area contributed by atoms with Crippen LogP contribution in [0.3, 0.4) is 0 Å². The van der Waals surface area contributed by atoms with E-state index >= 15 is 0 Å². The molecule has 0 rings (SSSR count). The number of methoxy groups -OCH3 is 1. The summed E-state index contributed by atoms with van der Waals surface area (Å²) in [4.78, 5) is 4.32. The van der Waals surface area contributed by atoms with Crippen molar-refractivity contribution in [1.29, 1.82) is 0 Å². The minimum Gasteiger partial charge on any atom is -0.379 e. The van der Waals surface area contributed by atoms with Gasteiger partial charge in [-0.1, -0.05) is 34.6 Å². The molecule has 0 bridgehead atoms. The maximum Gasteiger partial charge on any atom is 0.188 e. The minimum atomic E-state index is 0.0798. The molecule has 17 heavy (non-hydrogen) atoms. The van der Waals surface area contributed by atoms with E-state index < -0.39 is 0 Å². The molecule has 1 unspecified atom stereocenters. The van der Waals surface area contributed by atoms with Gasteiger partial charge in [0.05, 0.1) is 12.6 Å². The number of rotatable bonds is 6. The monoisotopic (exact) mass is 243 g/mol. The lowest BCUT2D eigenvalue weighted by Gasteiger charge is -2.27. The standard InChI is InChI=1S/C13H29N3O/c1-10(2)7-8-15-12(14)16-9-11(17-6)13(3,4)5/h10-11H,7-9H2,1-6H3,(H3,14,15,16). The molecular weight excluding hydrogens is 214 g/mol. The lowest BCUT2D eigenvalue weighted by Crippen LogP contribution is -2.36. The van der Waals surface area contributed by atoms with Gasteiger partial charge in [-0.05, 0) is 17.8 Å². The van der Waals surface area contributed by atoms with Crippen LogP contribution in [0.2, 0.25) is 0 Å². The molecular formula is C13H29N3O. The Hall–Kier alpha value is -0.770. The fourth-order valence-corrected chi connectivity index (χ4v) is 1.43. The summed E-state index contributed by atoms with van der Waals surface area (Å²) in [6, 6.07) is 0. The van der Waals surface area contributed by atoms with Gasteiger partial charge in [-0.25, -0.2) is 0 Å². The molecule has 4 heteroatoms. The summed E-state index contributed by atoms with van der Waals surface area (Å²) in [5.41, 5.74) is 5.87. The van der Waals surface area contributed by atoms with Crippen molar-refractivity contribution in [2.45, 2.75) is 47.1 Å². The highest BCUT2D eigenvalue weighted by Gasteiger charge is 2.23. The molecule has 102 valence electrons. The minimum absolute atomic E-state index is 0.0798. The summed E-state index contributed by atoms with van der Waals surface area (Å²) in [5, 5.41) is 3.12. The van der Waals surface area contributed by atoms with Crippen molar-refractivity contribution in [2.24, 2.45) is 22.1 Å². The van der Waals surface area contributed by atoms with E-state index in [-0.39, 0.29) is 11.5 Å². The summed E-state index contributed by atoms with van der Waals surface area (Å²) < 4.78 is 5.42. The van der Waals surface area contributed by atoms with Crippen LogP contribution in [0.15, 0.2) is 4.99 Å². The maximum absolute atomic E-state index is 5.79. The lowest BCUT2D eigenvalue weighted by molar-refractivity contribution is 0.0241. The summed E-state index contributed by atoms with van der Waals surface area (Å²) >= 11 is 0. The highest BCUT2D eigenvalue weighted by molar-refractivity contribution is 5.77. The fourth-order valence-electron chi connectivity index (χ4n) is 1.43. The second kappa shape index (κ2) is 7.54. The number of ether oxygens (including phenoxy) is 1. The number of hydrogen-bond donors (Lipinski definition) is 2. The van der Waals surface area contributed by atoms with Crippen LogP contribution in [0.1, 0.15) is 41.0 Å². The van der Waals surface area contributed by atoms with Gasteiger partial charge in [0.1, 0.15) is 0 Å². The molecule has 0 saturated carbocycles. The van der Waals surface area contributed by atoms with Crippen molar-refractivity contribution < 1.29 is 4.74 Å². The van der Waals surface area contributed by atoms with Crippen LogP contribution in [0.4, 0.5) is 0 Å². The smallest absolute Gasteiger partial charge is 0.188 e. The highest BCUT2D eigenvalue weighted by atomic mass is 16.5. The third-order valence-corrected chi connectivity index (χ3v) is 2.71. The van der Waals surface area contributed by atoms with Gasteiger partial charge in [-0.2, -0.15) is 0 Å². The van der Waals surface area contributed by atoms with Crippen molar-refractivity contribution in [3.05, 3.63) is 0 Å². The number of aliphatic imine (C=N–C) groups is 1. The van der Waals surface area contributed by atoms with Crippen molar-refractivity contribution in [1.82, 2.24) is 5.32 Å². The first kappa shape index (κ1) is 16.2. The number of nitrogens with zero attached hydrogens (tertiary/aromatic N) is 1. The predicted molar refractivity (Wildman–Crippen MR) is 74.2 cm³/mol. The Morgan fingerprint density at radius 2 is 1.94 bits per heavy atom. The van der Waals surface area contributed by atoms with Crippen LogP contribution in [0, 0.1) is 11.3 Å². The van der Waals surface area contributed by atoms with Gasteiger partial charge in [-0.3, -0.25) is 4.99 Å². The van der Waals surface area contributed by atoms with Crippen molar-refractivity contribution >= 4 is 5.96 Å². The lowest BCUT2D eigenvalue weighted by atomic mass is 9.89. The van der Waals surface area contributed by atoms with E-state index in [1.165, 1.54) is 0 Å². The Morgan fingerprint density at radius 1 is 1.35 bits per heavy atom. The zero-order valence-corrected chi connectivity index (χ0v) is 12.2. The number of nitrogens with one attached hydrogen (secondary N) is 1. The van der Waals surface area contributed by atoms with Crippen LogP contribution in [0.5, 0.6) is 0 Å². The molecule has 0 amide bonds. The first-order chi connectivity index (χ1) is 7.77. The summed E-state index contributed by atoms with van der Waals surface area (Å²) in [7, 11) is 1.72. The maximum atomic E-state index is 5.79. The van der Waals surface area contributed by atoms with Crippen LogP contribution in [0.25, 0.3) is 0 Å². The molecule has 0 radical (unpaired) electrons. The SMILES string of the molecule is COC(CN=C(N)NCCC(C)C)C(C)(C)C. The van der Waals surface area contributed by atoms with E-state index in [1.807, 2.05) is 0 Å². The van der Waals surface area contributed by atoms with E-state index in [0.717, 1.165) is 13.0 Å². The van der Waals surface area contributed by atoms with Gasteiger partial charge < -0.3 is 15.8 Å². The summed E-state index contributed by atoms with van der Waals surface area (Å²) in [6.45, 7) is 12.3. The molecule has 0 heterocycles. The fraction of sp³-hybridized carbons (Fsp3) is 0.923. The second-order valence-electron chi connectivity index (χ2n) is 5.93. The molecule has 0 spiro atoms. The summed E-state index contributed by atoms with van der Waals surface area (Å²) in [5.74, 6) is 1.19. The highest BCUT2D eigenvalue weighted by Crippen LogP contribution is 2.21. The normalized spacial score (nSPS) is 15.1. The topological polar surface area (TPSA) is 59.6 Å². The first-order valence-electron chi connectivity index (χ1n) is 6.34. The Morgan fingerprint density at radius 3 is 2.35 bits per heavy atom. The third-order valence-electron chi connectivity index (χ3n) is 2.71. The Kier molecular flexibility index (Phi) is 7.19. The zero-order valence-electron chi connectivity index (χ0n) is 12.2. The van der Waals surface area contributed by atoms with Gasteiger partial charge >= 0.3 is 0 Å². The van der Waals surface area contributed by atoms with Gasteiger partial charge in [0.25, 0.3) is 0 Å². The van der Waals surface area contributed by atoms with E-state index in [0.29, 0.717) is 18.4 Å². The van der Waals surface area contributed by atoms with Gasteiger partial charge in [0.2, 0.25) is 0 Å². The third kappa shape index (κ3) is 8.02. The largest absolute Gasteiger partial charge is 0.379 e. The molecule has 0 aliphatic carbocycles. The average Bonchev–Trinajstić information content (AvgIpc) is 2.15. The van der Waals surface area contributed by atoms with E-state index in [4.69, 9.17) is 10.5 Å². The van der Waals surface area contributed by atoms with Crippen LogP contribution >= 0.6 is 0 Å². The van der Waals surface area contributed by atoms with E-state index in [1.54, 1.807) is 7.11 Å². The molecule has 4 nitrogen and oxygen atoms in total. The van der Waals surface area contributed by atoms with Crippen LogP contribution < -0.4 is 11.1 Å². The molecule has 0 aliphatic rings. The van der Waals surface area contributed by atoms with Crippen molar-refractivity contribution in [3.63, 3.8) is 0 Å². The average molecular weight is 243 g/mol. The molecule has 0 fully saturated rings. The molecule has 3 N–H and O–H groups in total. The van der Waals surface area contributed by atoms with Gasteiger partial charge in [-0.15, -0.1) is 0 Å². The van der Waals surface area contributed by atoms with E-state index in [9.17, 15) is 0 Å². The molecule has 0 aromatic heterocycles. The first-order valence-corrected chi connectivity index (χ1v) is 6.34. The second-order valence-corrected chi connectivity index (χ2v) is 5.93. The molecule has 0 saturated heterocycles. The van der Waals surface area contributed by atoms with Crippen molar-refractivity contribution in [3.8, 4) is 0 Å². The molecule has 0 aromatic rings. The van der Waals surface area contributed by atoms with Crippen LogP contribution in [-0.4, -0.2) is 32.3 Å². The Bertz CT molecular complexity index is 231. The Labute approximate surface area is 106 Å².